The van der Waals surface area contributed by atoms with Gasteiger partial charge < -0.3 is 4.90 Å². The fraction of sp³-hybridized carbons (Fsp3) is 0.600. The highest BCUT2D eigenvalue weighted by Crippen LogP contribution is 2.31. The van der Waals surface area contributed by atoms with Crippen molar-refractivity contribution in [2.24, 2.45) is 11.8 Å². The van der Waals surface area contributed by atoms with Crippen LogP contribution in [0.2, 0.25) is 0 Å². The highest BCUT2D eigenvalue weighted by molar-refractivity contribution is 6.17. The first-order valence-corrected chi connectivity index (χ1v) is 7.35. The van der Waals surface area contributed by atoms with Gasteiger partial charge in [0.15, 0.2) is 0 Å². The fourth-order valence-electron chi connectivity index (χ4n) is 2.79. The van der Waals surface area contributed by atoms with E-state index < -0.39 is 11.6 Å². The summed E-state index contributed by atoms with van der Waals surface area (Å²) < 4.78 is 28.0. The quantitative estimate of drug-likeness (QED) is 0.736. The molecule has 1 aliphatic rings. The van der Waals surface area contributed by atoms with E-state index in [1.807, 2.05) is 4.90 Å². The Morgan fingerprint density at radius 3 is 2.16 bits per heavy atom. The summed E-state index contributed by atoms with van der Waals surface area (Å²) >= 11 is 5.62. The lowest BCUT2D eigenvalue weighted by atomic mass is 9.86. The Bertz CT molecular complexity index is 417. The smallest absolute Gasteiger partial charge is 0.149 e. The minimum atomic E-state index is -0.501. The molecule has 0 spiro atoms. The average Bonchev–Trinajstić information content (AvgIpc) is 2.38. The Balaban J connectivity index is 2.15. The zero-order valence-electron chi connectivity index (χ0n) is 11.4. The molecule has 1 aromatic carbocycles. The number of rotatable bonds is 3. The first-order chi connectivity index (χ1) is 9.02. The van der Waals surface area contributed by atoms with Crippen LogP contribution in [0.4, 0.5) is 14.5 Å². The molecule has 0 aliphatic carbocycles. The van der Waals surface area contributed by atoms with Gasteiger partial charge >= 0.3 is 0 Å². The molecule has 0 N–H and O–H groups in total. The van der Waals surface area contributed by atoms with Gasteiger partial charge in [0.2, 0.25) is 0 Å². The average molecular weight is 288 g/mol. The first kappa shape index (κ1) is 14.6. The zero-order valence-corrected chi connectivity index (χ0v) is 12.2. The maximum absolute atomic E-state index is 14.0. The third kappa shape index (κ3) is 3.19. The van der Waals surface area contributed by atoms with Gasteiger partial charge in [0, 0.05) is 19.0 Å². The predicted molar refractivity (Wildman–Crippen MR) is 75.7 cm³/mol. The molecule has 2 rings (SSSR count). The minimum Gasteiger partial charge on any atom is -0.367 e. The Kier molecular flexibility index (Phi) is 4.67. The fourth-order valence-corrected chi connectivity index (χ4v) is 2.94. The summed E-state index contributed by atoms with van der Waals surface area (Å²) in [7, 11) is 0. The van der Waals surface area contributed by atoms with Gasteiger partial charge in [0.25, 0.3) is 0 Å². The highest BCUT2D eigenvalue weighted by Gasteiger charge is 2.25. The molecule has 1 heterocycles. The molecule has 0 atom stereocenters. The second-order valence-electron chi connectivity index (χ2n) is 5.61. The molecule has 1 fully saturated rings. The third-order valence-electron chi connectivity index (χ3n) is 4.03. The number of nitrogens with zero attached hydrogens (tertiary/aromatic N) is 1. The van der Waals surface area contributed by atoms with E-state index in [-0.39, 0.29) is 11.6 Å². The van der Waals surface area contributed by atoms with E-state index in [2.05, 4.69) is 13.8 Å². The lowest BCUT2D eigenvalue weighted by molar-refractivity contribution is 0.309. The standard InChI is InChI=1S/C15H20ClF2N/c1-10(2)12-3-5-19(6-4-12)15-13(17)7-11(9-16)8-14(15)18/h7-8,10,12H,3-6,9H2,1-2H3. The summed E-state index contributed by atoms with van der Waals surface area (Å²) in [6, 6.07) is 2.67. The van der Waals surface area contributed by atoms with E-state index >= 15 is 0 Å². The third-order valence-corrected chi connectivity index (χ3v) is 4.34. The molecule has 1 aliphatic heterocycles. The van der Waals surface area contributed by atoms with Crippen molar-refractivity contribution in [2.45, 2.75) is 32.6 Å². The molecule has 0 saturated carbocycles. The SMILES string of the molecule is CC(C)C1CCN(c2c(F)cc(CCl)cc2F)CC1. The van der Waals surface area contributed by atoms with E-state index in [0.717, 1.165) is 25.9 Å². The van der Waals surface area contributed by atoms with Crippen LogP contribution >= 0.6 is 11.6 Å². The molecule has 1 aromatic rings. The molecular formula is C15H20ClF2N. The number of hydrogen-bond donors (Lipinski definition) is 0. The van der Waals surface area contributed by atoms with Crippen molar-refractivity contribution in [3.63, 3.8) is 0 Å². The largest absolute Gasteiger partial charge is 0.367 e. The van der Waals surface area contributed by atoms with Crippen LogP contribution in [0.1, 0.15) is 32.3 Å². The van der Waals surface area contributed by atoms with E-state index in [1.54, 1.807) is 0 Å². The van der Waals surface area contributed by atoms with Crippen LogP contribution in [0.5, 0.6) is 0 Å². The van der Waals surface area contributed by atoms with Gasteiger partial charge in [0.1, 0.15) is 17.3 Å². The molecule has 0 aromatic heterocycles. The molecule has 1 saturated heterocycles. The van der Waals surface area contributed by atoms with Gasteiger partial charge in [-0.2, -0.15) is 0 Å². The summed E-state index contributed by atoms with van der Waals surface area (Å²) in [6.07, 6.45) is 1.99. The van der Waals surface area contributed by atoms with Gasteiger partial charge in [-0.3, -0.25) is 0 Å². The van der Waals surface area contributed by atoms with Gasteiger partial charge in [-0.15, -0.1) is 11.6 Å². The van der Waals surface area contributed by atoms with Crippen LogP contribution in [0.25, 0.3) is 0 Å². The summed E-state index contributed by atoms with van der Waals surface area (Å²) in [6.45, 7) is 5.85. The predicted octanol–water partition coefficient (Wildman–Crippen LogP) is 4.58. The monoisotopic (exact) mass is 287 g/mol. The Hall–Kier alpha value is -0.830. The summed E-state index contributed by atoms with van der Waals surface area (Å²) in [5.74, 6) is 0.418. The van der Waals surface area contributed by atoms with Gasteiger partial charge in [0.05, 0.1) is 0 Å². The Morgan fingerprint density at radius 1 is 1.21 bits per heavy atom. The summed E-state index contributed by atoms with van der Waals surface area (Å²) in [4.78, 5) is 1.82. The van der Waals surface area contributed by atoms with Gasteiger partial charge in [-0.05, 0) is 42.4 Å². The Morgan fingerprint density at radius 2 is 1.74 bits per heavy atom. The van der Waals surface area contributed by atoms with Crippen LogP contribution in [-0.2, 0) is 5.88 Å². The van der Waals surface area contributed by atoms with E-state index in [0.29, 0.717) is 17.4 Å². The normalized spacial score (nSPS) is 17.3. The minimum absolute atomic E-state index is 0.107. The number of piperidine rings is 1. The number of alkyl halides is 1. The maximum atomic E-state index is 14.0. The van der Waals surface area contributed by atoms with Crippen LogP contribution in [0.3, 0.4) is 0 Å². The van der Waals surface area contributed by atoms with Crippen molar-refractivity contribution < 1.29 is 8.78 Å². The van der Waals surface area contributed by atoms with Crippen LogP contribution in [-0.4, -0.2) is 13.1 Å². The molecular weight excluding hydrogens is 268 g/mol. The highest BCUT2D eigenvalue weighted by atomic mass is 35.5. The van der Waals surface area contributed by atoms with Crippen LogP contribution in [0, 0.1) is 23.5 Å². The maximum Gasteiger partial charge on any atom is 0.149 e. The molecule has 0 unspecified atom stereocenters. The van der Waals surface area contributed by atoms with Crippen molar-refractivity contribution >= 4 is 17.3 Å². The number of hydrogen-bond acceptors (Lipinski definition) is 1. The van der Waals surface area contributed by atoms with E-state index in [9.17, 15) is 8.78 Å². The van der Waals surface area contributed by atoms with E-state index in [4.69, 9.17) is 11.6 Å². The van der Waals surface area contributed by atoms with Crippen molar-refractivity contribution in [1.29, 1.82) is 0 Å². The lowest BCUT2D eigenvalue weighted by Crippen LogP contribution is -2.36. The number of anilines is 1. The van der Waals surface area contributed by atoms with Crippen molar-refractivity contribution in [1.82, 2.24) is 0 Å². The Labute approximate surface area is 118 Å². The summed E-state index contributed by atoms with van der Waals surface area (Å²) in [5, 5.41) is 0. The topological polar surface area (TPSA) is 3.24 Å². The number of benzene rings is 1. The molecule has 0 bridgehead atoms. The first-order valence-electron chi connectivity index (χ1n) is 6.81. The second kappa shape index (κ2) is 6.08. The van der Waals surface area contributed by atoms with Crippen molar-refractivity contribution in [3.05, 3.63) is 29.3 Å². The molecule has 19 heavy (non-hydrogen) atoms. The molecule has 0 radical (unpaired) electrons. The summed E-state index contributed by atoms with van der Waals surface area (Å²) in [5.41, 5.74) is 0.591. The number of halogens is 3. The molecule has 106 valence electrons. The molecule has 1 nitrogen and oxygen atoms in total. The molecule has 4 heteroatoms. The van der Waals surface area contributed by atoms with Gasteiger partial charge in [-0.25, -0.2) is 8.78 Å². The molecule has 0 amide bonds. The zero-order chi connectivity index (χ0) is 14.0. The second-order valence-corrected chi connectivity index (χ2v) is 5.88. The van der Waals surface area contributed by atoms with Gasteiger partial charge in [-0.1, -0.05) is 13.8 Å². The van der Waals surface area contributed by atoms with Crippen molar-refractivity contribution in [2.75, 3.05) is 18.0 Å². The van der Waals surface area contributed by atoms with Crippen molar-refractivity contribution in [3.8, 4) is 0 Å². The van der Waals surface area contributed by atoms with Crippen LogP contribution < -0.4 is 4.90 Å². The lowest BCUT2D eigenvalue weighted by Gasteiger charge is -2.35. The van der Waals surface area contributed by atoms with Crippen LogP contribution in [0.15, 0.2) is 12.1 Å². The van der Waals surface area contributed by atoms with E-state index in [1.165, 1.54) is 12.1 Å².